The number of thiophene rings is 1. The van der Waals surface area contributed by atoms with E-state index in [4.69, 9.17) is 0 Å². The van der Waals surface area contributed by atoms with Gasteiger partial charge in [0.15, 0.2) is 5.82 Å². The van der Waals surface area contributed by atoms with Crippen molar-refractivity contribution in [1.29, 1.82) is 0 Å². The van der Waals surface area contributed by atoms with E-state index in [0.717, 1.165) is 17.0 Å². The fraction of sp³-hybridized carbons (Fsp3) is 0. The van der Waals surface area contributed by atoms with Crippen LogP contribution in [0.25, 0.3) is 16.4 Å². The van der Waals surface area contributed by atoms with Crippen LogP contribution in [0.1, 0.15) is 10.6 Å². The molecule has 0 aliphatic carbocycles. The summed E-state index contributed by atoms with van der Waals surface area (Å²) in [4.78, 5) is 17.6. The quantitative estimate of drug-likeness (QED) is 0.564. The van der Waals surface area contributed by atoms with Gasteiger partial charge in [0.05, 0.1) is 10.6 Å². The summed E-state index contributed by atoms with van der Waals surface area (Å²) >= 11 is 1.44. The van der Waals surface area contributed by atoms with Crippen LogP contribution in [0.3, 0.4) is 0 Å². The van der Waals surface area contributed by atoms with Gasteiger partial charge in [0, 0.05) is 0 Å². The number of nitrogens with zero attached hydrogens (tertiary/aromatic N) is 3. The third kappa shape index (κ3) is 3.34. The third-order valence-corrected chi connectivity index (χ3v) is 4.62. The smallest absolute Gasteiger partial charge is 0.295 e. The summed E-state index contributed by atoms with van der Waals surface area (Å²) in [5, 5.41) is 8.34. The van der Waals surface area contributed by atoms with E-state index in [-0.39, 0.29) is 5.82 Å². The molecule has 27 heavy (non-hydrogen) atoms. The van der Waals surface area contributed by atoms with Gasteiger partial charge in [-0.2, -0.15) is 0 Å². The van der Waals surface area contributed by atoms with Gasteiger partial charge in [0.2, 0.25) is 5.82 Å². The molecular formula is C19H12F2N4OS. The molecule has 0 atom stereocenters. The Labute approximate surface area is 156 Å². The number of benzene rings is 2. The van der Waals surface area contributed by atoms with E-state index in [1.807, 2.05) is 47.8 Å². The highest BCUT2D eigenvalue weighted by molar-refractivity contribution is 7.13. The first kappa shape index (κ1) is 17.0. The Bertz CT molecular complexity index is 1070. The first-order chi connectivity index (χ1) is 13.1. The molecule has 0 radical (unpaired) electrons. The molecule has 0 bridgehead atoms. The maximum atomic E-state index is 13.8. The Balaban J connectivity index is 1.75. The monoisotopic (exact) mass is 382 g/mol. The first-order valence-corrected chi connectivity index (χ1v) is 8.83. The van der Waals surface area contributed by atoms with E-state index in [2.05, 4.69) is 15.4 Å². The summed E-state index contributed by atoms with van der Waals surface area (Å²) < 4.78 is 29.1. The van der Waals surface area contributed by atoms with Crippen molar-refractivity contribution in [1.82, 2.24) is 14.8 Å². The molecule has 0 saturated heterocycles. The number of rotatable bonds is 4. The standard InChI is InChI=1S/C19H12F2N4OS/c20-13-8-4-9-14(21)16(13)22-19(26)17-23-18(15-10-5-11-27-15)25(24-17)12-6-2-1-3-7-12/h1-11H,(H,22,26). The van der Waals surface area contributed by atoms with Crippen molar-refractivity contribution in [3.63, 3.8) is 0 Å². The van der Waals surface area contributed by atoms with Crippen molar-refractivity contribution < 1.29 is 13.6 Å². The summed E-state index contributed by atoms with van der Waals surface area (Å²) in [7, 11) is 0. The van der Waals surface area contributed by atoms with Crippen LogP contribution in [0.15, 0.2) is 66.0 Å². The lowest BCUT2D eigenvalue weighted by Crippen LogP contribution is -2.16. The molecule has 0 fully saturated rings. The molecule has 1 N–H and O–H groups in total. The summed E-state index contributed by atoms with van der Waals surface area (Å²) in [5.74, 6) is -2.26. The van der Waals surface area contributed by atoms with Crippen molar-refractivity contribution in [2.24, 2.45) is 0 Å². The molecule has 4 rings (SSSR count). The molecule has 5 nitrogen and oxygen atoms in total. The van der Waals surface area contributed by atoms with Crippen LogP contribution in [0.4, 0.5) is 14.5 Å². The second-order valence-corrected chi connectivity index (χ2v) is 6.48. The number of hydrogen-bond donors (Lipinski definition) is 1. The molecule has 0 spiro atoms. The lowest BCUT2D eigenvalue weighted by molar-refractivity contribution is 0.101. The fourth-order valence-corrected chi connectivity index (χ4v) is 3.21. The molecule has 2 heterocycles. The van der Waals surface area contributed by atoms with Crippen molar-refractivity contribution in [3.05, 3.63) is 83.5 Å². The summed E-state index contributed by atoms with van der Waals surface area (Å²) in [6.45, 7) is 0. The minimum Gasteiger partial charge on any atom is -0.314 e. The van der Waals surface area contributed by atoms with Crippen LogP contribution >= 0.6 is 11.3 Å². The average Bonchev–Trinajstić information content (AvgIpc) is 3.35. The Kier molecular flexibility index (Phi) is 4.47. The van der Waals surface area contributed by atoms with Gasteiger partial charge >= 0.3 is 0 Å². The van der Waals surface area contributed by atoms with Crippen LogP contribution in [-0.2, 0) is 0 Å². The van der Waals surface area contributed by atoms with Crippen LogP contribution < -0.4 is 5.32 Å². The van der Waals surface area contributed by atoms with E-state index >= 15 is 0 Å². The normalized spacial score (nSPS) is 10.7. The number of aromatic nitrogens is 3. The molecule has 8 heteroatoms. The minimum atomic E-state index is -0.871. The maximum absolute atomic E-state index is 13.8. The Hall–Kier alpha value is -3.39. The first-order valence-electron chi connectivity index (χ1n) is 7.95. The zero-order valence-corrected chi connectivity index (χ0v) is 14.6. The van der Waals surface area contributed by atoms with Crippen LogP contribution in [-0.4, -0.2) is 20.7 Å². The predicted molar refractivity (Wildman–Crippen MR) is 99.0 cm³/mol. The minimum absolute atomic E-state index is 0.190. The van der Waals surface area contributed by atoms with Gasteiger partial charge < -0.3 is 5.32 Å². The van der Waals surface area contributed by atoms with E-state index in [9.17, 15) is 13.6 Å². The van der Waals surface area contributed by atoms with Crippen molar-refractivity contribution in [3.8, 4) is 16.4 Å². The number of para-hydroxylation sites is 2. The van der Waals surface area contributed by atoms with E-state index in [1.54, 1.807) is 0 Å². The van der Waals surface area contributed by atoms with Crippen LogP contribution in [0.2, 0.25) is 0 Å². The molecular weight excluding hydrogens is 370 g/mol. The number of anilines is 1. The second kappa shape index (κ2) is 7.08. The number of carbonyl (C=O) groups excluding carboxylic acids is 1. The van der Waals surface area contributed by atoms with Crippen molar-refractivity contribution >= 4 is 22.9 Å². The van der Waals surface area contributed by atoms with E-state index in [0.29, 0.717) is 11.5 Å². The average molecular weight is 382 g/mol. The topological polar surface area (TPSA) is 59.8 Å². The number of amides is 1. The van der Waals surface area contributed by atoms with Gasteiger partial charge in [-0.3, -0.25) is 4.79 Å². The second-order valence-electron chi connectivity index (χ2n) is 5.53. The highest BCUT2D eigenvalue weighted by Crippen LogP contribution is 2.26. The predicted octanol–water partition coefficient (Wildman–Crippen LogP) is 4.53. The zero-order valence-electron chi connectivity index (χ0n) is 13.8. The van der Waals surface area contributed by atoms with Crippen molar-refractivity contribution in [2.75, 3.05) is 5.32 Å². The van der Waals surface area contributed by atoms with E-state index < -0.39 is 23.2 Å². The fourth-order valence-electron chi connectivity index (χ4n) is 2.51. The molecule has 2 aromatic heterocycles. The highest BCUT2D eigenvalue weighted by atomic mass is 32.1. The Morgan fingerprint density at radius 3 is 2.37 bits per heavy atom. The molecule has 2 aromatic carbocycles. The SMILES string of the molecule is O=C(Nc1c(F)cccc1F)c1nc(-c2cccs2)n(-c2ccccc2)n1. The van der Waals surface area contributed by atoms with Crippen LogP contribution in [0.5, 0.6) is 0 Å². The molecule has 0 saturated carbocycles. The van der Waals surface area contributed by atoms with Gasteiger partial charge in [0.25, 0.3) is 5.91 Å². The lowest BCUT2D eigenvalue weighted by atomic mass is 10.3. The number of hydrogen-bond acceptors (Lipinski definition) is 4. The summed E-state index contributed by atoms with van der Waals surface area (Å²) in [6, 6.07) is 16.2. The van der Waals surface area contributed by atoms with Gasteiger partial charge in [-0.25, -0.2) is 18.4 Å². The van der Waals surface area contributed by atoms with E-state index in [1.165, 1.54) is 22.1 Å². The molecule has 1 amide bonds. The summed E-state index contributed by atoms with van der Waals surface area (Å²) in [5.41, 5.74) is 0.181. The lowest BCUT2D eigenvalue weighted by Gasteiger charge is -2.05. The summed E-state index contributed by atoms with van der Waals surface area (Å²) in [6.07, 6.45) is 0. The zero-order chi connectivity index (χ0) is 18.8. The Morgan fingerprint density at radius 1 is 0.963 bits per heavy atom. The largest absolute Gasteiger partial charge is 0.314 e. The highest BCUT2D eigenvalue weighted by Gasteiger charge is 2.21. The third-order valence-electron chi connectivity index (χ3n) is 3.75. The number of nitrogens with one attached hydrogen (secondary N) is 1. The molecule has 134 valence electrons. The van der Waals surface area contributed by atoms with Gasteiger partial charge in [-0.15, -0.1) is 16.4 Å². The molecule has 0 aliphatic heterocycles. The maximum Gasteiger partial charge on any atom is 0.295 e. The number of carbonyl (C=O) groups is 1. The van der Waals surface area contributed by atoms with Gasteiger partial charge in [-0.1, -0.05) is 30.3 Å². The van der Waals surface area contributed by atoms with Crippen LogP contribution in [0, 0.1) is 11.6 Å². The molecule has 0 aliphatic rings. The van der Waals surface area contributed by atoms with Crippen molar-refractivity contribution in [2.45, 2.75) is 0 Å². The Morgan fingerprint density at radius 2 is 1.70 bits per heavy atom. The number of halogens is 2. The molecule has 4 aromatic rings. The van der Waals surface area contributed by atoms with Gasteiger partial charge in [0.1, 0.15) is 17.3 Å². The van der Waals surface area contributed by atoms with Gasteiger partial charge in [-0.05, 0) is 35.7 Å². The molecule has 0 unspecified atom stereocenters.